The number of H-pyrrole nitrogens is 1. The molecule has 1 unspecified atom stereocenters. The van der Waals surface area contributed by atoms with Crippen LogP contribution in [0, 0.1) is 5.82 Å². The Labute approximate surface area is 109 Å². The van der Waals surface area contributed by atoms with E-state index in [1.54, 1.807) is 19.3 Å². The van der Waals surface area contributed by atoms with Gasteiger partial charge in [-0.1, -0.05) is 0 Å². The lowest BCUT2D eigenvalue weighted by molar-refractivity contribution is 0.0938. The Kier molecular flexibility index (Phi) is 3.79. The van der Waals surface area contributed by atoms with Crippen molar-refractivity contribution < 1.29 is 13.9 Å². The predicted molar refractivity (Wildman–Crippen MR) is 67.4 cm³/mol. The summed E-state index contributed by atoms with van der Waals surface area (Å²) >= 11 is 0. The molecule has 0 saturated carbocycles. The van der Waals surface area contributed by atoms with E-state index >= 15 is 0 Å². The highest BCUT2D eigenvalue weighted by molar-refractivity contribution is 5.94. The fourth-order valence-corrected chi connectivity index (χ4v) is 1.67. The summed E-state index contributed by atoms with van der Waals surface area (Å²) in [6.45, 7) is 1.79. The molecule has 2 N–H and O–H groups in total. The minimum atomic E-state index is -0.569. The Morgan fingerprint density at radius 2 is 2.32 bits per heavy atom. The van der Waals surface area contributed by atoms with Gasteiger partial charge in [0.2, 0.25) is 0 Å². The van der Waals surface area contributed by atoms with Crippen molar-refractivity contribution in [3.63, 3.8) is 0 Å². The van der Waals surface area contributed by atoms with Crippen molar-refractivity contribution in [2.45, 2.75) is 13.0 Å². The van der Waals surface area contributed by atoms with Gasteiger partial charge in [0.15, 0.2) is 11.6 Å². The third-order valence-electron chi connectivity index (χ3n) is 2.69. The molecule has 19 heavy (non-hydrogen) atoms. The van der Waals surface area contributed by atoms with Gasteiger partial charge >= 0.3 is 0 Å². The number of nitrogens with one attached hydrogen (secondary N) is 2. The quantitative estimate of drug-likeness (QED) is 0.887. The fourth-order valence-electron chi connectivity index (χ4n) is 1.67. The number of amides is 1. The highest BCUT2D eigenvalue weighted by Crippen LogP contribution is 2.18. The first-order valence-corrected chi connectivity index (χ1v) is 5.75. The van der Waals surface area contributed by atoms with Crippen LogP contribution in [0.15, 0.2) is 30.6 Å². The van der Waals surface area contributed by atoms with E-state index in [9.17, 15) is 9.18 Å². The summed E-state index contributed by atoms with van der Waals surface area (Å²) in [5.41, 5.74) is 0.233. The third-order valence-corrected chi connectivity index (χ3v) is 2.69. The molecule has 0 saturated heterocycles. The lowest BCUT2D eigenvalue weighted by Crippen LogP contribution is -2.27. The van der Waals surface area contributed by atoms with Gasteiger partial charge in [-0.15, -0.1) is 0 Å². The smallest absolute Gasteiger partial charge is 0.251 e. The van der Waals surface area contributed by atoms with E-state index in [0.717, 1.165) is 6.07 Å². The van der Waals surface area contributed by atoms with Crippen LogP contribution in [0.4, 0.5) is 4.39 Å². The molecular weight excluding hydrogens is 249 g/mol. The number of imidazole rings is 1. The van der Waals surface area contributed by atoms with Gasteiger partial charge in [0.05, 0.1) is 13.2 Å². The second kappa shape index (κ2) is 5.51. The minimum Gasteiger partial charge on any atom is -0.494 e. The number of hydrogen-bond donors (Lipinski definition) is 2. The summed E-state index contributed by atoms with van der Waals surface area (Å²) in [7, 11) is 1.37. The first kappa shape index (κ1) is 13.1. The number of carbonyl (C=O) groups is 1. The molecule has 1 atom stereocenters. The summed E-state index contributed by atoms with van der Waals surface area (Å²) < 4.78 is 18.3. The topological polar surface area (TPSA) is 67.0 Å². The van der Waals surface area contributed by atoms with Crippen LogP contribution in [-0.2, 0) is 0 Å². The second-order valence-electron chi connectivity index (χ2n) is 4.02. The molecule has 0 bridgehead atoms. The van der Waals surface area contributed by atoms with Crippen molar-refractivity contribution in [1.82, 2.24) is 15.3 Å². The molecule has 1 aromatic carbocycles. The average Bonchev–Trinajstić information content (AvgIpc) is 2.92. The third kappa shape index (κ3) is 2.90. The van der Waals surface area contributed by atoms with Crippen molar-refractivity contribution in [2.24, 2.45) is 0 Å². The number of rotatable bonds is 4. The lowest BCUT2D eigenvalue weighted by Gasteiger charge is -2.12. The van der Waals surface area contributed by atoms with Crippen LogP contribution < -0.4 is 10.1 Å². The van der Waals surface area contributed by atoms with Gasteiger partial charge in [-0.25, -0.2) is 9.37 Å². The van der Waals surface area contributed by atoms with Crippen molar-refractivity contribution in [1.29, 1.82) is 0 Å². The van der Waals surface area contributed by atoms with Crippen molar-refractivity contribution in [3.8, 4) is 5.75 Å². The molecule has 100 valence electrons. The molecule has 1 heterocycles. The van der Waals surface area contributed by atoms with E-state index < -0.39 is 5.82 Å². The number of aromatic nitrogens is 2. The molecule has 2 rings (SSSR count). The van der Waals surface area contributed by atoms with Gasteiger partial charge in [0.1, 0.15) is 5.82 Å². The molecule has 0 aliphatic heterocycles. The molecule has 6 heteroatoms. The van der Waals surface area contributed by atoms with E-state index in [1.165, 1.54) is 19.2 Å². The van der Waals surface area contributed by atoms with E-state index in [4.69, 9.17) is 4.74 Å². The van der Waals surface area contributed by atoms with Gasteiger partial charge in [-0.2, -0.15) is 0 Å². The van der Waals surface area contributed by atoms with Gasteiger partial charge in [-0.05, 0) is 25.1 Å². The normalized spacial score (nSPS) is 11.9. The van der Waals surface area contributed by atoms with Crippen LogP contribution in [0.2, 0.25) is 0 Å². The number of benzene rings is 1. The average molecular weight is 263 g/mol. The molecule has 0 fully saturated rings. The van der Waals surface area contributed by atoms with Crippen molar-refractivity contribution in [3.05, 3.63) is 47.8 Å². The number of aromatic amines is 1. The minimum absolute atomic E-state index is 0.107. The Morgan fingerprint density at radius 3 is 2.89 bits per heavy atom. The second-order valence-corrected chi connectivity index (χ2v) is 4.02. The van der Waals surface area contributed by atoms with Crippen molar-refractivity contribution in [2.75, 3.05) is 7.11 Å². The van der Waals surface area contributed by atoms with Gasteiger partial charge < -0.3 is 15.0 Å². The van der Waals surface area contributed by atoms with Crippen LogP contribution in [0.25, 0.3) is 0 Å². The number of carbonyl (C=O) groups excluding carboxylic acids is 1. The van der Waals surface area contributed by atoms with E-state index in [2.05, 4.69) is 15.3 Å². The fraction of sp³-hybridized carbons (Fsp3) is 0.231. The Bertz CT molecular complexity index is 569. The standard InChI is InChI=1S/C13H14FN3O2/c1-8(12-15-5-6-16-12)17-13(18)9-3-4-11(19-2)10(14)7-9/h3-8H,1-2H3,(H,15,16)(H,17,18). The summed E-state index contributed by atoms with van der Waals surface area (Å²) in [4.78, 5) is 18.9. The molecule has 2 aromatic rings. The number of methoxy groups -OCH3 is 1. The van der Waals surface area contributed by atoms with Crippen LogP contribution in [0.1, 0.15) is 29.1 Å². The monoisotopic (exact) mass is 263 g/mol. The van der Waals surface area contributed by atoms with Crippen LogP contribution >= 0.6 is 0 Å². The zero-order chi connectivity index (χ0) is 13.8. The molecule has 0 aliphatic carbocycles. The Morgan fingerprint density at radius 1 is 1.53 bits per heavy atom. The van der Waals surface area contributed by atoms with Crippen LogP contribution in [0.3, 0.4) is 0 Å². The summed E-state index contributed by atoms with van der Waals surface area (Å²) in [6, 6.07) is 3.78. The van der Waals surface area contributed by atoms with Crippen LogP contribution in [-0.4, -0.2) is 23.0 Å². The lowest BCUT2D eigenvalue weighted by atomic mass is 10.2. The zero-order valence-corrected chi connectivity index (χ0v) is 10.6. The number of ether oxygens (including phenoxy) is 1. The first-order chi connectivity index (χ1) is 9.11. The predicted octanol–water partition coefficient (Wildman–Crippen LogP) is 2.05. The molecule has 1 aromatic heterocycles. The Hall–Kier alpha value is -2.37. The molecule has 0 radical (unpaired) electrons. The van der Waals surface area contributed by atoms with Gasteiger partial charge in [-0.3, -0.25) is 4.79 Å². The van der Waals surface area contributed by atoms with Gasteiger partial charge in [0, 0.05) is 18.0 Å². The maximum Gasteiger partial charge on any atom is 0.251 e. The summed E-state index contributed by atoms with van der Waals surface area (Å²) in [5.74, 6) is -0.191. The number of halogens is 1. The zero-order valence-electron chi connectivity index (χ0n) is 10.6. The highest BCUT2D eigenvalue weighted by Gasteiger charge is 2.14. The summed E-state index contributed by atoms with van der Waals surface area (Å²) in [5, 5.41) is 2.72. The highest BCUT2D eigenvalue weighted by atomic mass is 19.1. The maximum absolute atomic E-state index is 13.5. The summed E-state index contributed by atoms with van der Waals surface area (Å²) in [6.07, 6.45) is 3.27. The van der Waals surface area contributed by atoms with Gasteiger partial charge in [0.25, 0.3) is 5.91 Å². The number of nitrogens with zero attached hydrogens (tertiary/aromatic N) is 1. The van der Waals surface area contributed by atoms with E-state index in [-0.39, 0.29) is 23.3 Å². The Balaban J connectivity index is 2.10. The van der Waals surface area contributed by atoms with Crippen LogP contribution in [0.5, 0.6) is 5.75 Å². The number of hydrogen-bond acceptors (Lipinski definition) is 3. The molecule has 5 nitrogen and oxygen atoms in total. The van der Waals surface area contributed by atoms with E-state index in [1.807, 2.05) is 0 Å². The van der Waals surface area contributed by atoms with Crippen molar-refractivity contribution >= 4 is 5.91 Å². The largest absolute Gasteiger partial charge is 0.494 e. The first-order valence-electron chi connectivity index (χ1n) is 5.75. The molecule has 1 amide bonds. The van der Waals surface area contributed by atoms with E-state index in [0.29, 0.717) is 5.82 Å². The molecule has 0 spiro atoms. The molecular formula is C13H14FN3O2. The maximum atomic E-state index is 13.5. The molecule has 0 aliphatic rings. The SMILES string of the molecule is COc1ccc(C(=O)NC(C)c2ncc[nH]2)cc1F.